The topological polar surface area (TPSA) is 41.5 Å². The Morgan fingerprint density at radius 1 is 1.18 bits per heavy atom. The van der Waals surface area contributed by atoms with E-state index in [1.165, 1.54) is 12.8 Å². The van der Waals surface area contributed by atoms with Gasteiger partial charge in [0.1, 0.15) is 0 Å². The molecule has 0 aliphatic rings. The third kappa shape index (κ3) is 12.1. The van der Waals surface area contributed by atoms with Gasteiger partial charge in [0.05, 0.1) is 12.7 Å². The molecule has 3 nitrogen and oxygen atoms in total. The third-order valence-corrected chi connectivity index (χ3v) is 2.80. The highest BCUT2D eigenvalue weighted by atomic mass is 16.5. The zero-order valence-electron chi connectivity index (χ0n) is 12.0. The summed E-state index contributed by atoms with van der Waals surface area (Å²) in [5.74, 6) is 0.736. The monoisotopic (exact) mass is 245 g/mol. The van der Waals surface area contributed by atoms with Crippen LogP contribution < -0.4 is 5.32 Å². The van der Waals surface area contributed by atoms with Gasteiger partial charge >= 0.3 is 0 Å². The van der Waals surface area contributed by atoms with Crippen molar-refractivity contribution in [1.82, 2.24) is 5.32 Å². The molecule has 0 heterocycles. The Kier molecular flexibility index (Phi) is 10.9. The van der Waals surface area contributed by atoms with Crippen LogP contribution in [-0.2, 0) is 4.74 Å². The van der Waals surface area contributed by atoms with Crippen molar-refractivity contribution in [2.45, 2.75) is 65.5 Å². The molecule has 0 aromatic carbocycles. The number of rotatable bonds is 11. The molecule has 104 valence electrons. The SMILES string of the molecule is CCCC(C)NCC(O)COCCCC(C)C. The lowest BCUT2D eigenvalue weighted by Gasteiger charge is -2.16. The molecule has 0 saturated heterocycles. The van der Waals surface area contributed by atoms with Gasteiger partial charge in [-0.2, -0.15) is 0 Å². The maximum atomic E-state index is 9.69. The van der Waals surface area contributed by atoms with Crippen molar-refractivity contribution >= 4 is 0 Å². The summed E-state index contributed by atoms with van der Waals surface area (Å²) >= 11 is 0. The molecule has 0 spiro atoms. The second-order valence-electron chi connectivity index (χ2n) is 5.36. The number of ether oxygens (including phenoxy) is 1. The van der Waals surface area contributed by atoms with Gasteiger partial charge in [-0.25, -0.2) is 0 Å². The Balaban J connectivity index is 3.31. The van der Waals surface area contributed by atoms with E-state index in [9.17, 15) is 5.11 Å². The number of hydrogen-bond donors (Lipinski definition) is 2. The summed E-state index contributed by atoms with van der Waals surface area (Å²) in [7, 11) is 0. The summed E-state index contributed by atoms with van der Waals surface area (Å²) in [5.41, 5.74) is 0. The van der Waals surface area contributed by atoms with E-state index in [2.05, 4.69) is 33.0 Å². The average molecular weight is 245 g/mol. The van der Waals surface area contributed by atoms with Crippen LogP contribution in [0.1, 0.15) is 53.4 Å². The molecule has 2 unspecified atom stereocenters. The molecule has 2 N–H and O–H groups in total. The Morgan fingerprint density at radius 2 is 1.88 bits per heavy atom. The van der Waals surface area contributed by atoms with Gasteiger partial charge in [-0.15, -0.1) is 0 Å². The van der Waals surface area contributed by atoms with Crippen molar-refractivity contribution in [3.05, 3.63) is 0 Å². The molecular formula is C14H31NO2. The molecule has 0 aromatic rings. The highest BCUT2D eigenvalue weighted by Crippen LogP contribution is 2.03. The van der Waals surface area contributed by atoms with Gasteiger partial charge in [-0.3, -0.25) is 0 Å². The van der Waals surface area contributed by atoms with Gasteiger partial charge in [0, 0.05) is 19.2 Å². The van der Waals surface area contributed by atoms with Crippen LogP contribution in [0, 0.1) is 5.92 Å². The van der Waals surface area contributed by atoms with Gasteiger partial charge in [0.25, 0.3) is 0 Å². The lowest BCUT2D eigenvalue weighted by atomic mass is 10.1. The van der Waals surface area contributed by atoms with E-state index in [-0.39, 0.29) is 6.10 Å². The van der Waals surface area contributed by atoms with E-state index in [1.807, 2.05) is 0 Å². The summed E-state index contributed by atoms with van der Waals surface area (Å²) in [6, 6.07) is 0.482. The zero-order valence-corrected chi connectivity index (χ0v) is 12.0. The summed E-state index contributed by atoms with van der Waals surface area (Å²) in [5, 5.41) is 13.0. The van der Waals surface area contributed by atoms with Crippen LogP contribution in [0.25, 0.3) is 0 Å². The van der Waals surface area contributed by atoms with Crippen molar-refractivity contribution < 1.29 is 9.84 Å². The van der Waals surface area contributed by atoms with Crippen LogP contribution in [0.4, 0.5) is 0 Å². The fourth-order valence-electron chi connectivity index (χ4n) is 1.74. The minimum absolute atomic E-state index is 0.381. The summed E-state index contributed by atoms with van der Waals surface area (Å²) in [6.07, 6.45) is 4.23. The molecule has 0 rings (SSSR count). The van der Waals surface area contributed by atoms with Crippen molar-refractivity contribution in [2.75, 3.05) is 19.8 Å². The Hall–Kier alpha value is -0.120. The van der Waals surface area contributed by atoms with E-state index in [4.69, 9.17) is 4.74 Å². The molecule has 0 radical (unpaired) electrons. The smallest absolute Gasteiger partial charge is 0.0897 e. The first-order valence-corrected chi connectivity index (χ1v) is 7.05. The highest BCUT2D eigenvalue weighted by molar-refractivity contribution is 4.64. The molecule has 0 aromatic heterocycles. The average Bonchev–Trinajstić information content (AvgIpc) is 2.26. The molecule has 17 heavy (non-hydrogen) atoms. The van der Waals surface area contributed by atoms with E-state index in [0.29, 0.717) is 19.2 Å². The Labute approximate surface area is 107 Å². The molecule has 0 saturated carbocycles. The van der Waals surface area contributed by atoms with E-state index in [0.717, 1.165) is 25.4 Å². The van der Waals surface area contributed by atoms with E-state index < -0.39 is 0 Å². The second-order valence-corrected chi connectivity index (χ2v) is 5.36. The third-order valence-electron chi connectivity index (χ3n) is 2.80. The van der Waals surface area contributed by atoms with Crippen molar-refractivity contribution in [2.24, 2.45) is 5.92 Å². The minimum atomic E-state index is -0.381. The maximum Gasteiger partial charge on any atom is 0.0897 e. The van der Waals surface area contributed by atoms with Crippen LogP contribution in [0.2, 0.25) is 0 Å². The normalized spacial score (nSPS) is 15.2. The zero-order chi connectivity index (χ0) is 13.1. The number of hydrogen-bond acceptors (Lipinski definition) is 3. The van der Waals surface area contributed by atoms with Gasteiger partial charge in [-0.05, 0) is 32.1 Å². The van der Waals surface area contributed by atoms with Crippen LogP contribution >= 0.6 is 0 Å². The molecular weight excluding hydrogens is 214 g/mol. The standard InChI is InChI=1S/C14H31NO2/c1-5-7-13(4)15-10-14(16)11-17-9-6-8-12(2)3/h12-16H,5-11H2,1-4H3. The quantitative estimate of drug-likeness (QED) is 0.550. The first-order chi connectivity index (χ1) is 8.06. The fraction of sp³-hybridized carbons (Fsp3) is 1.00. The first-order valence-electron chi connectivity index (χ1n) is 7.05. The van der Waals surface area contributed by atoms with E-state index in [1.54, 1.807) is 0 Å². The molecule has 3 heteroatoms. The summed E-state index contributed by atoms with van der Waals surface area (Å²) in [6.45, 7) is 10.6. The van der Waals surface area contributed by atoms with Crippen LogP contribution in [0.5, 0.6) is 0 Å². The minimum Gasteiger partial charge on any atom is -0.389 e. The predicted octanol–water partition coefficient (Wildman–Crippen LogP) is 2.58. The van der Waals surface area contributed by atoms with Crippen LogP contribution in [0.15, 0.2) is 0 Å². The predicted molar refractivity (Wildman–Crippen MR) is 73.3 cm³/mol. The lowest BCUT2D eigenvalue weighted by Crippen LogP contribution is -2.35. The molecule has 2 atom stereocenters. The van der Waals surface area contributed by atoms with Gasteiger partial charge in [-0.1, -0.05) is 27.2 Å². The maximum absolute atomic E-state index is 9.69. The van der Waals surface area contributed by atoms with Crippen molar-refractivity contribution in [3.8, 4) is 0 Å². The van der Waals surface area contributed by atoms with Crippen LogP contribution in [0.3, 0.4) is 0 Å². The van der Waals surface area contributed by atoms with Crippen molar-refractivity contribution in [3.63, 3.8) is 0 Å². The fourth-order valence-corrected chi connectivity index (χ4v) is 1.74. The molecule has 0 amide bonds. The highest BCUT2D eigenvalue weighted by Gasteiger charge is 2.06. The number of aliphatic hydroxyl groups excluding tert-OH is 1. The summed E-state index contributed by atoms with van der Waals surface area (Å²) < 4.78 is 5.45. The Morgan fingerprint density at radius 3 is 2.47 bits per heavy atom. The van der Waals surface area contributed by atoms with Gasteiger partial charge in [0.2, 0.25) is 0 Å². The first kappa shape index (κ1) is 16.9. The Bertz CT molecular complexity index is 162. The van der Waals surface area contributed by atoms with E-state index >= 15 is 0 Å². The molecule has 0 bridgehead atoms. The molecule has 0 fully saturated rings. The van der Waals surface area contributed by atoms with Gasteiger partial charge < -0.3 is 15.2 Å². The molecule has 0 aliphatic heterocycles. The van der Waals surface area contributed by atoms with Crippen LogP contribution in [-0.4, -0.2) is 37.0 Å². The number of nitrogens with one attached hydrogen (secondary N) is 1. The lowest BCUT2D eigenvalue weighted by molar-refractivity contribution is 0.0336. The number of aliphatic hydroxyl groups is 1. The molecule has 0 aliphatic carbocycles. The second kappa shape index (κ2) is 11.0. The largest absolute Gasteiger partial charge is 0.389 e. The summed E-state index contributed by atoms with van der Waals surface area (Å²) in [4.78, 5) is 0. The van der Waals surface area contributed by atoms with Gasteiger partial charge in [0.15, 0.2) is 0 Å². The van der Waals surface area contributed by atoms with Crippen molar-refractivity contribution in [1.29, 1.82) is 0 Å².